The van der Waals surface area contributed by atoms with Crippen LogP contribution in [0.1, 0.15) is 20.9 Å². The third-order valence-electron chi connectivity index (χ3n) is 3.31. The van der Waals surface area contributed by atoms with Crippen molar-refractivity contribution in [3.8, 4) is 10.6 Å². The fraction of sp³-hybridized carbons (Fsp3) is 0.118. The second-order valence-electron chi connectivity index (χ2n) is 4.95. The number of aromatic nitrogens is 2. The number of carbonyl (C=O) groups is 1. The average Bonchev–Trinajstić information content (AvgIpc) is 2.97. The van der Waals surface area contributed by atoms with Gasteiger partial charge in [0.2, 0.25) is 0 Å². The number of amides is 1. The molecule has 1 aromatic carbocycles. The topological polar surface area (TPSA) is 54.9 Å². The zero-order chi connectivity index (χ0) is 16.2. The molecule has 0 unspecified atom stereocenters. The maximum absolute atomic E-state index is 12.4. The maximum Gasteiger partial charge on any atom is 0.263 e. The van der Waals surface area contributed by atoms with Gasteiger partial charge in [0.1, 0.15) is 9.88 Å². The Morgan fingerprint density at radius 3 is 2.83 bits per heavy atom. The molecule has 6 heteroatoms. The van der Waals surface area contributed by atoms with Gasteiger partial charge in [-0.25, -0.2) is 4.98 Å². The highest BCUT2D eigenvalue weighted by atomic mass is 35.5. The second kappa shape index (κ2) is 6.89. The summed E-state index contributed by atoms with van der Waals surface area (Å²) in [6.45, 7) is 2.22. The van der Waals surface area contributed by atoms with Crippen molar-refractivity contribution in [1.29, 1.82) is 0 Å². The zero-order valence-electron chi connectivity index (χ0n) is 12.4. The molecule has 2 aromatic heterocycles. The van der Waals surface area contributed by atoms with Crippen LogP contribution in [0.2, 0.25) is 5.02 Å². The summed E-state index contributed by atoms with van der Waals surface area (Å²) in [6, 6.07) is 11.2. The van der Waals surface area contributed by atoms with E-state index in [0.29, 0.717) is 22.1 Å². The molecule has 2 heterocycles. The molecule has 0 spiro atoms. The predicted molar refractivity (Wildman–Crippen MR) is 92.7 cm³/mol. The van der Waals surface area contributed by atoms with E-state index in [2.05, 4.69) is 15.3 Å². The van der Waals surface area contributed by atoms with Crippen LogP contribution >= 0.6 is 22.9 Å². The number of pyridine rings is 1. The number of halogens is 1. The van der Waals surface area contributed by atoms with Gasteiger partial charge in [0.05, 0.1) is 5.69 Å². The second-order valence-corrected chi connectivity index (χ2v) is 6.36. The van der Waals surface area contributed by atoms with Gasteiger partial charge >= 0.3 is 0 Å². The van der Waals surface area contributed by atoms with Gasteiger partial charge in [0.25, 0.3) is 5.91 Å². The van der Waals surface area contributed by atoms with Gasteiger partial charge in [-0.05, 0) is 30.7 Å². The minimum atomic E-state index is -0.143. The molecular weight excluding hydrogens is 330 g/mol. The molecule has 0 bridgehead atoms. The van der Waals surface area contributed by atoms with E-state index in [9.17, 15) is 4.79 Å². The van der Waals surface area contributed by atoms with Crippen LogP contribution in [0, 0.1) is 6.92 Å². The van der Waals surface area contributed by atoms with Crippen molar-refractivity contribution in [2.24, 2.45) is 0 Å². The number of nitrogens with zero attached hydrogens (tertiary/aromatic N) is 2. The van der Waals surface area contributed by atoms with Gasteiger partial charge in [-0.2, -0.15) is 0 Å². The van der Waals surface area contributed by atoms with Crippen LogP contribution in [0.4, 0.5) is 0 Å². The van der Waals surface area contributed by atoms with E-state index in [1.54, 1.807) is 12.4 Å². The van der Waals surface area contributed by atoms with Crippen LogP contribution in [-0.4, -0.2) is 15.9 Å². The fourth-order valence-corrected chi connectivity index (χ4v) is 3.29. The highest BCUT2D eigenvalue weighted by Crippen LogP contribution is 2.27. The Hall–Kier alpha value is -2.24. The molecule has 3 rings (SSSR count). The minimum Gasteiger partial charge on any atom is -0.347 e. The lowest BCUT2D eigenvalue weighted by Crippen LogP contribution is -2.22. The maximum atomic E-state index is 12.4. The Morgan fingerprint density at radius 1 is 1.26 bits per heavy atom. The quantitative estimate of drug-likeness (QED) is 0.776. The summed E-state index contributed by atoms with van der Waals surface area (Å²) in [6.07, 6.45) is 3.45. The number of rotatable bonds is 4. The Balaban J connectivity index is 1.75. The first kappa shape index (κ1) is 15.6. The number of aryl methyl sites for hydroxylation is 1. The van der Waals surface area contributed by atoms with Crippen molar-refractivity contribution in [3.05, 3.63) is 69.9 Å². The number of hydrogen-bond acceptors (Lipinski definition) is 4. The van der Waals surface area contributed by atoms with Crippen molar-refractivity contribution >= 4 is 28.8 Å². The van der Waals surface area contributed by atoms with E-state index in [-0.39, 0.29) is 5.91 Å². The Bertz CT molecular complexity index is 833. The van der Waals surface area contributed by atoms with Gasteiger partial charge in [-0.1, -0.05) is 29.8 Å². The van der Waals surface area contributed by atoms with E-state index in [0.717, 1.165) is 16.1 Å². The molecule has 116 valence electrons. The molecule has 0 fully saturated rings. The van der Waals surface area contributed by atoms with Crippen LogP contribution in [0.3, 0.4) is 0 Å². The monoisotopic (exact) mass is 343 g/mol. The molecule has 0 saturated carbocycles. The van der Waals surface area contributed by atoms with Gasteiger partial charge < -0.3 is 5.32 Å². The summed E-state index contributed by atoms with van der Waals surface area (Å²) >= 11 is 7.47. The normalized spacial score (nSPS) is 10.5. The van der Waals surface area contributed by atoms with Crippen molar-refractivity contribution in [1.82, 2.24) is 15.3 Å². The first-order chi connectivity index (χ1) is 11.1. The summed E-state index contributed by atoms with van der Waals surface area (Å²) in [4.78, 5) is 21.6. The molecule has 0 aliphatic heterocycles. The molecule has 0 atom stereocenters. The van der Waals surface area contributed by atoms with Crippen molar-refractivity contribution in [2.75, 3.05) is 0 Å². The average molecular weight is 344 g/mol. The third-order valence-corrected chi connectivity index (χ3v) is 4.88. The molecule has 0 aliphatic carbocycles. The van der Waals surface area contributed by atoms with E-state index >= 15 is 0 Å². The van der Waals surface area contributed by atoms with Crippen LogP contribution in [0.15, 0.2) is 48.8 Å². The molecule has 3 aromatic rings. The third kappa shape index (κ3) is 3.57. The molecule has 23 heavy (non-hydrogen) atoms. The molecular formula is C17H14ClN3OS. The standard InChI is InChI=1S/C17H14ClN3OS/c1-11-15(23-17(21-11)13-6-4-8-19-9-13)16(22)20-10-12-5-2-3-7-14(12)18/h2-9H,10H2,1H3,(H,20,22). The Labute approximate surface area is 143 Å². The van der Waals surface area contributed by atoms with Crippen LogP contribution in [0.5, 0.6) is 0 Å². The van der Waals surface area contributed by atoms with Crippen LogP contribution in [-0.2, 0) is 6.54 Å². The van der Waals surface area contributed by atoms with Gasteiger partial charge in [0, 0.05) is 29.5 Å². The summed E-state index contributed by atoms with van der Waals surface area (Å²) in [7, 11) is 0. The van der Waals surface area contributed by atoms with Crippen molar-refractivity contribution in [2.45, 2.75) is 13.5 Å². The van der Waals surface area contributed by atoms with Gasteiger partial charge in [-0.15, -0.1) is 11.3 Å². The first-order valence-electron chi connectivity index (χ1n) is 7.04. The predicted octanol–water partition coefficient (Wildman–Crippen LogP) is 4.10. The van der Waals surface area contributed by atoms with E-state index in [1.165, 1.54) is 11.3 Å². The lowest BCUT2D eigenvalue weighted by molar-refractivity contribution is 0.0954. The number of nitrogens with one attached hydrogen (secondary N) is 1. The first-order valence-corrected chi connectivity index (χ1v) is 8.24. The summed E-state index contributed by atoms with van der Waals surface area (Å²) in [5, 5.41) is 4.33. The summed E-state index contributed by atoms with van der Waals surface area (Å²) < 4.78 is 0. The minimum absolute atomic E-state index is 0.143. The smallest absolute Gasteiger partial charge is 0.263 e. The highest BCUT2D eigenvalue weighted by molar-refractivity contribution is 7.17. The lowest BCUT2D eigenvalue weighted by Gasteiger charge is -2.05. The highest BCUT2D eigenvalue weighted by Gasteiger charge is 2.16. The zero-order valence-corrected chi connectivity index (χ0v) is 14.0. The molecule has 4 nitrogen and oxygen atoms in total. The lowest BCUT2D eigenvalue weighted by atomic mass is 10.2. The SMILES string of the molecule is Cc1nc(-c2cccnc2)sc1C(=O)NCc1ccccc1Cl. The number of hydrogen-bond donors (Lipinski definition) is 1. The van der Waals surface area contributed by atoms with Crippen molar-refractivity contribution < 1.29 is 4.79 Å². The molecule has 1 amide bonds. The van der Waals surface area contributed by atoms with E-state index < -0.39 is 0 Å². The number of carbonyl (C=O) groups excluding carboxylic acids is 1. The molecule has 0 saturated heterocycles. The number of benzene rings is 1. The van der Waals surface area contributed by atoms with E-state index in [4.69, 9.17) is 11.6 Å². The van der Waals surface area contributed by atoms with Crippen LogP contribution < -0.4 is 5.32 Å². The van der Waals surface area contributed by atoms with Gasteiger partial charge in [-0.3, -0.25) is 9.78 Å². The Kier molecular flexibility index (Phi) is 4.69. The van der Waals surface area contributed by atoms with Crippen molar-refractivity contribution in [3.63, 3.8) is 0 Å². The molecule has 0 aliphatic rings. The van der Waals surface area contributed by atoms with Crippen LogP contribution in [0.25, 0.3) is 10.6 Å². The number of thiazole rings is 1. The fourth-order valence-electron chi connectivity index (χ4n) is 2.12. The summed E-state index contributed by atoms with van der Waals surface area (Å²) in [5.74, 6) is -0.143. The molecule has 0 radical (unpaired) electrons. The largest absolute Gasteiger partial charge is 0.347 e. The van der Waals surface area contributed by atoms with E-state index in [1.807, 2.05) is 43.3 Å². The summed E-state index contributed by atoms with van der Waals surface area (Å²) in [5.41, 5.74) is 2.51. The van der Waals surface area contributed by atoms with Gasteiger partial charge in [0.15, 0.2) is 0 Å². The Morgan fingerprint density at radius 2 is 2.09 bits per heavy atom. The molecule has 1 N–H and O–H groups in total.